The molecule has 0 amide bonds. The molecule has 0 spiro atoms. The molecule has 9 heteroatoms. The van der Waals surface area contributed by atoms with Gasteiger partial charge in [0.05, 0.1) is 19.3 Å². The van der Waals surface area contributed by atoms with Gasteiger partial charge in [-0.2, -0.15) is 0 Å². The van der Waals surface area contributed by atoms with Crippen LogP contribution in [0.25, 0.3) is 5.65 Å². The predicted molar refractivity (Wildman–Crippen MR) is 111 cm³/mol. The number of halogens is 1. The second kappa shape index (κ2) is 7.73. The smallest absolute Gasteiger partial charge is 0.266 e. The predicted octanol–water partition coefficient (Wildman–Crippen LogP) is 3.79. The maximum atomic E-state index is 13.5. The van der Waals surface area contributed by atoms with E-state index in [-0.39, 0.29) is 11.4 Å². The lowest BCUT2D eigenvalue weighted by molar-refractivity contribution is 0.414. The second-order valence-electron chi connectivity index (χ2n) is 6.30. The van der Waals surface area contributed by atoms with Crippen LogP contribution >= 0.6 is 11.6 Å². The van der Waals surface area contributed by atoms with Gasteiger partial charge in [0, 0.05) is 11.2 Å². The molecule has 0 fully saturated rings. The summed E-state index contributed by atoms with van der Waals surface area (Å²) in [4.78, 5) is 0.127. The molecule has 4 rings (SSSR count). The minimum absolute atomic E-state index is 0.126. The van der Waals surface area contributed by atoms with Gasteiger partial charge in [-0.1, -0.05) is 23.7 Å². The fraction of sp³-hybridized carbons (Fsp3) is 0.100. The summed E-state index contributed by atoms with van der Waals surface area (Å²) in [6.07, 6.45) is 2.96. The van der Waals surface area contributed by atoms with Gasteiger partial charge in [-0.25, -0.2) is 8.42 Å². The van der Waals surface area contributed by atoms with Crippen molar-refractivity contribution in [3.8, 4) is 5.75 Å². The Labute approximate surface area is 173 Å². The molecular weight excluding hydrogens is 412 g/mol. The Bertz CT molecular complexity index is 1260. The third kappa shape index (κ3) is 3.90. The molecule has 0 aliphatic carbocycles. The van der Waals surface area contributed by atoms with Crippen LogP contribution in [0.15, 0.2) is 78.1 Å². The van der Waals surface area contributed by atoms with E-state index in [1.54, 1.807) is 47.9 Å². The zero-order valence-electron chi connectivity index (χ0n) is 15.4. The van der Waals surface area contributed by atoms with E-state index in [1.165, 1.54) is 22.9 Å². The highest BCUT2D eigenvalue weighted by Gasteiger charge is 2.26. The van der Waals surface area contributed by atoms with Gasteiger partial charge < -0.3 is 4.74 Å². The molecule has 0 N–H and O–H groups in total. The topological polar surface area (TPSA) is 76.8 Å². The second-order valence-corrected chi connectivity index (χ2v) is 8.60. The van der Waals surface area contributed by atoms with Gasteiger partial charge in [0.2, 0.25) is 0 Å². The van der Waals surface area contributed by atoms with E-state index in [1.807, 2.05) is 18.2 Å². The van der Waals surface area contributed by atoms with Crippen molar-refractivity contribution < 1.29 is 13.2 Å². The van der Waals surface area contributed by atoms with Crippen LogP contribution in [-0.4, -0.2) is 30.1 Å². The minimum atomic E-state index is -3.88. The molecule has 0 bridgehead atoms. The third-order valence-corrected chi connectivity index (χ3v) is 6.44. The Morgan fingerprint density at radius 1 is 1.10 bits per heavy atom. The summed E-state index contributed by atoms with van der Waals surface area (Å²) in [7, 11) is -2.31. The summed E-state index contributed by atoms with van der Waals surface area (Å²) in [5.74, 6) is 0.655. The third-order valence-electron chi connectivity index (χ3n) is 4.43. The van der Waals surface area contributed by atoms with Crippen LogP contribution in [-0.2, 0) is 16.6 Å². The van der Waals surface area contributed by atoms with Gasteiger partial charge in [0.25, 0.3) is 10.0 Å². The Balaban J connectivity index is 1.80. The van der Waals surface area contributed by atoms with Gasteiger partial charge in [-0.3, -0.25) is 8.71 Å². The largest absolute Gasteiger partial charge is 0.497 e. The van der Waals surface area contributed by atoms with Gasteiger partial charge in [0.1, 0.15) is 17.0 Å². The van der Waals surface area contributed by atoms with Crippen molar-refractivity contribution in [3.63, 3.8) is 0 Å². The first-order chi connectivity index (χ1) is 14.0. The summed E-state index contributed by atoms with van der Waals surface area (Å²) in [5.41, 5.74) is 1.85. The minimum Gasteiger partial charge on any atom is -0.497 e. The van der Waals surface area contributed by atoms with Gasteiger partial charge in [-0.05, 0) is 54.1 Å². The molecule has 148 valence electrons. The van der Waals surface area contributed by atoms with E-state index in [4.69, 9.17) is 16.3 Å². The molecule has 0 saturated heterocycles. The lowest BCUT2D eigenvalue weighted by Gasteiger charge is -2.25. The number of ether oxygens (including phenoxy) is 1. The molecule has 2 aromatic carbocycles. The molecule has 0 unspecified atom stereocenters. The lowest BCUT2D eigenvalue weighted by atomic mass is 10.2. The number of sulfonamides is 1. The van der Waals surface area contributed by atoms with Crippen LogP contribution in [0.5, 0.6) is 5.75 Å². The summed E-state index contributed by atoms with van der Waals surface area (Å²) in [6, 6.07) is 17.1. The van der Waals surface area contributed by atoms with Crippen molar-refractivity contribution in [2.75, 3.05) is 11.4 Å². The van der Waals surface area contributed by atoms with E-state index >= 15 is 0 Å². The number of benzene rings is 2. The van der Waals surface area contributed by atoms with Gasteiger partial charge in [-0.15, -0.1) is 10.2 Å². The van der Waals surface area contributed by atoms with Gasteiger partial charge in [0.15, 0.2) is 5.65 Å². The summed E-state index contributed by atoms with van der Waals surface area (Å²) in [6.45, 7) is 0.126. The average molecular weight is 429 g/mol. The molecule has 0 atom stereocenters. The molecular formula is C20H17ClN4O3S. The highest BCUT2D eigenvalue weighted by molar-refractivity contribution is 7.92. The van der Waals surface area contributed by atoms with Crippen LogP contribution in [0, 0.1) is 0 Å². The number of anilines is 1. The van der Waals surface area contributed by atoms with Crippen LogP contribution in [0.3, 0.4) is 0 Å². The van der Waals surface area contributed by atoms with Crippen LogP contribution in [0.4, 0.5) is 5.69 Å². The molecule has 29 heavy (non-hydrogen) atoms. The van der Waals surface area contributed by atoms with Gasteiger partial charge >= 0.3 is 0 Å². The molecule has 2 aromatic heterocycles. The van der Waals surface area contributed by atoms with Crippen LogP contribution in [0.1, 0.15) is 5.56 Å². The molecule has 7 nitrogen and oxygen atoms in total. The highest BCUT2D eigenvalue weighted by atomic mass is 35.5. The monoisotopic (exact) mass is 428 g/mol. The van der Waals surface area contributed by atoms with Crippen molar-refractivity contribution in [3.05, 3.63) is 83.8 Å². The zero-order valence-corrected chi connectivity index (χ0v) is 17.0. The van der Waals surface area contributed by atoms with E-state index in [0.29, 0.717) is 22.1 Å². The fourth-order valence-electron chi connectivity index (χ4n) is 2.95. The van der Waals surface area contributed by atoms with E-state index < -0.39 is 10.0 Å². The lowest BCUT2D eigenvalue weighted by Crippen LogP contribution is -2.30. The number of hydrogen-bond donors (Lipinski definition) is 0. The number of fused-ring (bicyclic) bond motifs is 1. The molecule has 0 aliphatic heterocycles. The molecule has 0 aliphatic rings. The fourth-order valence-corrected chi connectivity index (χ4v) is 4.53. The van der Waals surface area contributed by atoms with Crippen molar-refractivity contribution in [1.29, 1.82) is 0 Å². The first-order valence-electron chi connectivity index (χ1n) is 8.68. The van der Waals surface area contributed by atoms with E-state index in [0.717, 1.165) is 5.56 Å². The Kier molecular flexibility index (Phi) is 5.12. The Hall–Kier alpha value is -3.10. The Morgan fingerprint density at radius 2 is 1.90 bits per heavy atom. The average Bonchev–Trinajstić information content (AvgIpc) is 3.21. The normalized spacial score (nSPS) is 11.5. The number of hydrogen-bond acceptors (Lipinski definition) is 5. The zero-order chi connectivity index (χ0) is 20.4. The number of pyridine rings is 1. The molecule has 0 radical (unpaired) electrons. The number of nitrogens with zero attached hydrogens (tertiary/aromatic N) is 4. The number of methoxy groups -OCH3 is 1. The first kappa shape index (κ1) is 19.2. The quantitative estimate of drug-likeness (QED) is 0.467. The number of rotatable bonds is 6. The van der Waals surface area contributed by atoms with E-state index in [2.05, 4.69) is 10.2 Å². The summed E-state index contributed by atoms with van der Waals surface area (Å²) >= 11 is 6.00. The first-order valence-corrected chi connectivity index (χ1v) is 10.5. The SMILES string of the molecule is COc1cccc(CN(c2ccc(Cl)cc2)S(=O)(=O)c2ccc3nncn3c2)c1. The highest BCUT2D eigenvalue weighted by Crippen LogP contribution is 2.28. The maximum absolute atomic E-state index is 13.5. The maximum Gasteiger partial charge on any atom is 0.266 e. The van der Waals surface area contributed by atoms with Crippen molar-refractivity contribution in [1.82, 2.24) is 14.6 Å². The van der Waals surface area contributed by atoms with Crippen LogP contribution in [0.2, 0.25) is 5.02 Å². The van der Waals surface area contributed by atoms with Crippen LogP contribution < -0.4 is 9.04 Å². The molecule has 0 saturated carbocycles. The Morgan fingerprint density at radius 3 is 2.66 bits per heavy atom. The van der Waals surface area contributed by atoms with Crippen molar-refractivity contribution >= 4 is 33.0 Å². The summed E-state index contributed by atoms with van der Waals surface area (Å²) < 4.78 is 35.3. The van der Waals surface area contributed by atoms with E-state index in [9.17, 15) is 8.42 Å². The number of aromatic nitrogens is 3. The molecule has 4 aromatic rings. The standard InChI is InChI=1S/C20H17ClN4O3S/c1-28-18-4-2-3-15(11-18)12-25(17-7-5-16(21)6-8-17)29(26,27)19-9-10-20-23-22-14-24(20)13-19/h2-11,13-14H,12H2,1H3. The van der Waals surface area contributed by atoms with Crippen molar-refractivity contribution in [2.45, 2.75) is 11.4 Å². The summed E-state index contributed by atoms with van der Waals surface area (Å²) in [5, 5.41) is 8.24. The molecule has 2 heterocycles. The van der Waals surface area contributed by atoms with Crippen molar-refractivity contribution in [2.24, 2.45) is 0 Å².